The first kappa shape index (κ1) is 17.2. The number of aryl methyl sites for hydroxylation is 1. The minimum atomic E-state index is -0.666. The zero-order valence-corrected chi connectivity index (χ0v) is 14.4. The molecule has 1 unspecified atom stereocenters. The van der Waals surface area contributed by atoms with Crippen LogP contribution in [0.1, 0.15) is 28.4 Å². The van der Waals surface area contributed by atoms with Gasteiger partial charge in [0.2, 0.25) is 0 Å². The molecule has 1 aliphatic rings. The Labute approximate surface area is 154 Å². The zero-order chi connectivity index (χ0) is 19.1. The number of aromatic nitrogens is 1. The van der Waals surface area contributed by atoms with E-state index in [1.54, 1.807) is 24.3 Å². The van der Waals surface area contributed by atoms with Crippen molar-refractivity contribution in [2.75, 3.05) is 0 Å². The summed E-state index contributed by atoms with van der Waals surface area (Å²) < 4.78 is 27.6. The van der Waals surface area contributed by atoms with Crippen LogP contribution in [0.3, 0.4) is 0 Å². The minimum absolute atomic E-state index is 0.127. The molecule has 0 saturated heterocycles. The summed E-state index contributed by atoms with van der Waals surface area (Å²) >= 11 is 0. The molecule has 0 amide bonds. The first-order chi connectivity index (χ1) is 13.0. The highest BCUT2D eigenvalue weighted by Gasteiger charge is 2.29. The Hall–Kier alpha value is -3.25. The van der Waals surface area contributed by atoms with E-state index in [9.17, 15) is 19.1 Å². The monoisotopic (exact) mass is 366 g/mol. The summed E-state index contributed by atoms with van der Waals surface area (Å²) in [4.78, 5) is 4.41. The number of aromatic hydroxyl groups is 1. The molecule has 6 heteroatoms. The van der Waals surface area contributed by atoms with Crippen LogP contribution in [-0.4, -0.2) is 20.4 Å². The Morgan fingerprint density at radius 2 is 1.85 bits per heavy atom. The second kappa shape index (κ2) is 6.48. The lowest BCUT2D eigenvalue weighted by Crippen LogP contribution is -2.26. The van der Waals surface area contributed by atoms with Gasteiger partial charge in [-0.05, 0) is 60.0 Å². The smallest absolute Gasteiger partial charge is 0.133 e. The Balaban J connectivity index is 1.91. The highest BCUT2D eigenvalue weighted by Crippen LogP contribution is 2.39. The predicted octanol–water partition coefficient (Wildman–Crippen LogP) is 4.81. The predicted molar refractivity (Wildman–Crippen MR) is 96.9 cm³/mol. The second-order valence-corrected chi connectivity index (χ2v) is 6.42. The van der Waals surface area contributed by atoms with Crippen LogP contribution in [0.2, 0.25) is 0 Å². The standard InChI is InChI=1S/C21H16F2N2O2/c1-12-10-14(26)3-5-15(12)21-20-18(7-9-25(21)27)16(6-8-24-20)17-4-2-13(22)11-19(17)23/h2-11,21,26-27H,1H3. The number of nitrogens with zero attached hydrogens (tertiary/aromatic N) is 2. The molecular weight excluding hydrogens is 350 g/mol. The van der Waals surface area contributed by atoms with Gasteiger partial charge in [0.15, 0.2) is 0 Å². The van der Waals surface area contributed by atoms with Crippen molar-refractivity contribution >= 4 is 6.08 Å². The number of hydrogen-bond donors (Lipinski definition) is 2. The van der Waals surface area contributed by atoms with Gasteiger partial charge in [-0.3, -0.25) is 15.3 Å². The van der Waals surface area contributed by atoms with Gasteiger partial charge in [-0.2, -0.15) is 0 Å². The second-order valence-electron chi connectivity index (χ2n) is 6.42. The lowest BCUT2D eigenvalue weighted by atomic mass is 9.89. The van der Waals surface area contributed by atoms with Gasteiger partial charge in [0.05, 0.1) is 5.69 Å². The fourth-order valence-electron chi connectivity index (χ4n) is 3.44. The molecule has 0 fully saturated rings. The summed E-state index contributed by atoms with van der Waals surface area (Å²) in [6.45, 7) is 1.82. The molecule has 4 nitrogen and oxygen atoms in total. The molecule has 0 saturated carbocycles. The Morgan fingerprint density at radius 3 is 2.59 bits per heavy atom. The van der Waals surface area contributed by atoms with E-state index in [0.29, 0.717) is 16.8 Å². The third-order valence-corrected chi connectivity index (χ3v) is 4.71. The molecule has 0 bridgehead atoms. The Bertz CT molecular complexity index is 1070. The highest BCUT2D eigenvalue weighted by molar-refractivity contribution is 5.78. The number of phenols is 1. The summed E-state index contributed by atoms with van der Waals surface area (Å²) in [5, 5.41) is 21.1. The molecule has 2 aromatic carbocycles. The van der Waals surface area contributed by atoms with E-state index >= 15 is 0 Å². The van der Waals surface area contributed by atoms with Gasteiger partial charge >= 0.3 is 0 Å². The summed E-state index contributed by atoms with van der Waals surface area (Å²) in [5.74, 6) is -1.18. The molecule has 0 spiro atoms. The molecule has 27 heavy (non-hydrogen) atoms. The van der Waals surface area contributed by atoms with Crippen molar-refractivity contribution in [2.24, 2.45) is 0 Å². The number of benzene rings is 2. The van der Waals surface area contributed by atoms with Crippen molar-refractivity contribution in [1.82, 2.24) is 10.0 Å². The maximum atomic E-state index is 14.3. The van der Waals surface area contributed by atoms with Crippen LogP contribution in [0.4, 0.5) is 8.78 Å². The molecule has 3 aromatic rings. The third kappa shape index (κ3) is 2.94. The quantitative estimate of drug-likeness (QED) is 0.684. The van der Waals surface area contributed by atoms with Gasteiger partial charge in [0.25, 0.3) is 0 Å². The van der Waals surface area contributed by atoms with E-state index in [1.807, 2.05) is 6.92 Å². The molecule has 0 radical (unpaired) electrons. The normalized spacial score (nSPS) is 15.7. The number of pyridine rings is 1. The van der Waals surface area contributed by atoms with E-state index in [4.69, 9.17) is 0 Å². The highest BCUT2D eigenvalue weighted by atomic mass is 19.1. The zero-order valence-electron chi connectivity index (χ0n) is 14.4. The first-order valence-corrected chi connectivity index (χ1v) is 8.35. The number of fused-ring (bicyclic) bond motifs is 1. The van der Waals surface area contributed by atoms with Crippen molar-refractivity contribution in [2.45, 2.75) is 13.0 Å². The lowest BCUT2D eigenvalue weighted by Gasteiger charge is -2.31. The average Bonchev–Trinajstić information content (AvgIpc) is 2.62. The summed E-state index contributed by atoms with van der Waals surface area (Å²) in [6.07, 6.45) is 4.66. The van der Waals surface area contributed by atoms with Crippen molar-refractivity contribution in [1.29, 1.82) is 0 Å². The van der Waals surface area contributed by atoms with Crippen molar-refractivity contribution in [3.63, 3.8) is 0 Å². The van der Waals surface area contributed by atoms with Gasteiger partial charge in [-0.25, -0.2) is 8.78 Å². The van der Waals surface area contributed by atoms with Gasteiger partial charge in [0.1, 0.15) is 23.4 Å². The van der Waals surface area contributed by atoms with Crippen LogP contribution in [0, 0.1) is 18.6 Å². The largest absolute Gasteiger partial charge is 0.508 e. The fraction of sp³-hybridized carbons (Fsp3) is 0.0952. The number of hydroxylamine groups is 2. The Kier molecular flexibility index (Phi) is 4.12. The Morgan fingerprint density at radius 1 is 1.04 bits per heavy atom. The van der Waals surface area contributed by atoms with Crippen LogP contribution >= 0.6 is 0 Å². The van der Waals surface area contributed by atoms with Crippen LogP contribution in [0.5, 0.6) is 5.75 Å². The van der Waals surface area contributed by atoms with Crippen molar-refractivity contribution < 1.29 is 19.1 Å². The maximum Gasteiger partial charge on any atom is 0.133 e. The third-order valence-electron chi connectivity index (χ3n) is 4.71. The molecule has 136 valence electrons. The molecule has 4 rings (SSSR count). The number of halogens is 2. The molecular formula is C21H16F2N2O2. The van der Waals surface area contributed by atoms with Crippen molar-refractivity contribution in [3.8, 4) is 16.9 Å². The van der Waals surface area contributed by atoms with E-state index in [1.165, 1.54) is 30.6 Å². The molecule has 1 atom stereocenters. The van der Waals surface area contributed by atoms with E-state index in [-0.39, 0.29) is 11.3 Å². The SMILES string of the molecule is Cc1cc(O)ccc1C1c2nccc(-c3ccc(F)cc3F)c2C=CN1O. The number of rotatable bonds is 2. The van der Waals surface area contributed by atoms with Gasteiger partial charge in [0, 0.05) is 29.6 Å². The maximum absolute atomic E-state index is 14.3. The minimum Gasteiger partial charge on any atom is -0.508 e. The summed E-state index contributed by atoms with van der Waals surface area (Å²) in [5.41, 5.74) is 3.53. The van der Waals surface area contributed by atoms with Gasteiger partial charge < -0.3 is 5.11 Å². The van der Waals surface area contributed by atoms with Gasteiger partial charge in [-0.15, -0.1) is 0 Å². The topological polar surface area (TPSA) is 56.6 Å². The van der Waals surface area contributed by atoms with E-state index in [0.717, 1.165) is 22.3 Å². The van der Waals surface area contributed by atoms with Crippen LogP contribution in [0.15, 0.2) is 54.9 Å². The fourth-order valence-corrected chi connectivity index (χ4v) is 3.44. The van der Waals surface area contributed by atoms with Crippen LogP contribution in [0.25, 0.3) is 17.2 Å². The first-order valence-electron chi connectivity index (χ1n) is 8.35. The summed E-state index contributed by atoms with van der Waals surface area (Å²) in [7, 11) is 0. The number of hydrogen-bond acceptors (Lipinski definition) is 4. The molecule has 1 aromatic heterocycles. The summed E-state index contributed by atoms with van der Waals surface area (Å²) in [6, 6.07) is 9.34. The van der Waals surface area contributed by atoms with Crippen LogP contribution in [-0.2, 0) is 0 Å². The molecule has 1 aliphatic heterocycles. The van der Waals surface area contributed by atoms with E-state index < -0.39 is 17.7 Å². The molecule has 0 aliphatic carbocycles. The van der Waals surface area contributed by atoms with Gasteiger partial charge in [-0.1, -0.05) is 6.07 Å². The molecule has 2 heterocycles. The molecule has 2 N–H and O–H groups in total. The average molecular weight is 366 g/mol. The number of phenolic OH excluding ortho intramolecular Hbond substituents is 1. The van der Waals surface area contributed by atoms with Crippen molar-refractivity contribution in [3.05, 3.63) is 88.9 Å². The van der Waals surface area contributed by atoms with E-state index in [2.05, 4.69) is 4.98 Å². The van der Waals surface area contributed by atoms with Crippen LogP contribution < -0.4 is 0 Å². The lowest BCUT2D eigenvalue weighted by molar-refractivity contribution is -0.0698.